The maximum Gasteiger partial charge on any atom is 0.410 e. The monoisotopic (exact) mass is 338 g/mol. The summed E-state index contributed by atoms with van der Waals surface area (Å²) in [5, 5.41) is 4.15. The van der Waals surface area contributed by atoms with E-state index in [0.717, 1.165) is 36.5 Å². The van der Waals surface area contributed by atoms with E-state index in [9.17, 15) is 4.79 Å². The number of rotatable bonds is 4. The molecule has 1 aromatic carbocycles. The van der Waals surface area contributed by atoms with Gasteiger partial charge in [-0.1, -0.05) is 23.7 Å². The maximum atomic E-state index is 12.3. The van der Waals surface area contributed by atoms with Crippen molar-refractivity contribution in [2.24, 2.45) is 0 Å². The van der Waals surface area contributed by atoms with Gasteiger partial charge in [-0.05, 0) is 59.1 Å². The van der Waals surface area contributed by atoms with E-state index in [1.807, 2.05) is 49.9 Å². The summed E-state index contributed by atoms with van der Waals surface area (Å²) in [7, 11) is 0. The number of anilines is 1. The molecule has 4 nitrogen and oxygen atoms in total. The van der Waals surface area contributed by atoms with Gasteiger partial charge in [0.05, 0.1) is 10.7 Å². The molecule has 2 atom stereocenters. The van der Waals surface area contributed by atoms with E-state index < -0.39 is 5.60 Å². The zero-order valence-electron chi connectivity index (χ0n) is 14.4. The highest BCUT2D eigenvalue weighted by Gasteiger charge is 2.32. The molecular weight excluding hydrogens is 312 g/mol. The molecule has 2 unspecified atom stereocenters. The van der Waals surface area contributed by atoms with Crippen molar-refractivity contribution in [3.05, 3.63) is 29.3 Å². The van der Waals surface area contributed by atoms with E-state index in [0.29, 0.717) is 0 Å². The Morgan fingerprint density at radius 1 is 1.43 bits per heavy atom. The van der Waals surface area contributed by atoms with Gasteiger partial charge in [0.2, 0.25) is 0 Å². The maximum absolute atomic E-state index is 12.3. The summed E-state index contributed by atoms with van der Waals surface area (Å²) in [6, 6.07) is 8.17. The number of benzene rings is 1. The molecule has 0 aliphatic carbocycles. The largest absolute Gasteiger partial charge is 0.444 e. The van der Waals surface area contributed by atoms with Gasteiger partial charge in [-0.3, -0.25) is 0 Å². The number of carbonyl (C=O) groups excluding carboxylic acids is 1. The van der Waals surface area contributed by atoms with Crippen molar-refractivity contribution in [3.8, 4) is 0 Å². The zero-order chi connectivity index (χ0) is 17.0. The van der Waals surface area contributed by atoms with E-state index in [-0.39, 0.29) is 18.2 Å². The van der Waals surface area contributed by atoms with Gasteiger partial charge in [-0.2, -0.15) is 0 Å². The molecular formula is C18H27ClN2O2. The first-order valence-corrected chi connectivity index (χ1v) is 8.65. The normalized spacial score (nSPS) is 19.5. The Balaban J connectivity index is 1.93. The predicted octanol–water partition coefficient (Wildman–Crippen LogP) is 4.93. The van der Waals surface area contributed by atoms with Crippen LogP contribution in [0.5, 0.6) is 0 Å². The average molecular weight is 339 g/mol. The summed E-state index contributed by atoms with van der Waals surface area (Å²) >= 11 is 6.19. The van der Waals surface area contributed by atoms with Gasteiger partial charge in [-0.15, -0.1) is 0 Å². The molecule has 1 aliphatic rings. The van der Waals surface area contributed by atoms with E-state index >= 15 is 0 Å². The van der Waals surface area contributed by atoms with Crippen LogP contribution in [0.1, 0.15) is 47.0 Å². The highest BCUT2D eigenvalue weighted by Crippen LogP contribution is 2.26. The number of carbonyl (C=O) groups is 1. The summed E-state index contributed by atoms with van der Waals surface area (Å²) in [6.07, 6.45) is 2.73. The van der Waals surface area contributed by atoms with Crippen LogP contribution in [0.4, 0.5) is 10.5 Å². The van der Waals surface area contributed by atoms with Gasteiger partial charge < -0.3 is 15.0 Å². The van der Waals surface area contributed by atoms with Gasteiger partial charge >= 0.3 is 6.09 Å². The topological polar surface area (TPSA) is 41.6 Å². The number of hydrogen-bond acceptors (Lipinski definition) is 3. The second-order valence-electron chi connectivity index (χ2n) is 7.23. The van der Waals surface area contributed by atoms with E-state index in [1.165, 1.54) is 0 Å². The molecule has 0 spiro atoms. The number of amides is 1. The minimum absolute atomic E-state index is 0.204. The Bertz CT molecular complexity index is 542. The Kier molecular flexibility index (Phi) is 5.79. The third-order valence-electron chi connectivity index (χ3n) is 3.91. The quantitative estimate of drug-likeness (QED) is 0.846. The number of nitrogens with zero attached hydrogens (tertiary/aromatic N) is 1. The lowest BCUT2D eigenvalue weighted by Gasteiger charge is -2.30. The Morgan fingerprint density at radius 2 is 2.13 bits per heavy atom. The summed E-state index contributed by atoms with van der Waals surface area (Å²) < 4.78 is 5.52. The van der Waals surface area contributed by atoms with Crippen molar-refractivity contribution < 1.29 is 9.53 Å². The molecule has 0 radical (unpaired) electrons. The molecule has 1 heterocycles. The van der Waals surface area contributed by atoms with Gasteiger partial charge in [-0.25, -0.2) is 4.79 Å². The van der Waals surface area contributed by atoms with Crippen LogP contribution < -0.4 is 5.32 Å². The van der Waals surface area contributed by atoms with Crippen molar-refractivity contribution in [2.45, 2.75) is 64.6 Å². The SMILES string of the molecule is CC(CC1CCCN1C(=O)OC(C)(C)C)Nc1ccccc1Cl. The molecule has 1 aliphatic heterocycles. The molecule has 23 heavy (non-hydrogen) atoms. The number of likely N-dealkylation sites (tertiary alicyclic amines) is 1. The summed E-state index contributed by atoms with van der Waals surface area (Å²) in [6.45, 7) is 8.60. The molecule has 0 saturated carbocycles. The lowest BCUT2D eigenvalue weighted by Crippen LogP contribution is -2.41. The fraction of sp³-hybridized carbons (Fsp3) is 0.611. The number of halogens is 1. The van der Waals surface area contributed by atoms with Crippen molar-refractivity contribution >= 4 is 23.4 Å². The van der Waals surface area contributed by atoms with Crippen molar-refractivity contribution in [1.29, 1.82) is 0 Å². The number of para-hydroxylation sites is 1. The molecule has 2 rings (SSSR count). The Labute approximate surface area is 144 Å². The molecule has 1 amide bonds. The van der Waals surface area contributed by atoms with Crippen molar-refractivity contribution in [1.82, 2.24) is 4.90 Å². The zero-order valence-corrected chi connectivity index (χ0v) is 15.2. The third kappa shape index (κ3) is 5.31. The van der Waals surface area contributed by atoms with Gasteiger partial charge in [0.25, 0.3) is 0 Å². The highest BCUT2D eigenvalue weighted by atomic mass is 35.5. The molecule has 1 N–H and O–H groups in total. The van der Waals surface area contributed by atoms with Crippen molar-refractivity contribution in [2.75, 3.05) is 11.9 Å². The minimum Gasteiger partial charge on any atom is -0.444 e. The molecule has 5 heteroatoms. The predicted molar refractivity (Wildman–Crippen MR) is 95.1 cm³/mol. The van der Waals surface area contributed by atoms with Gasteiger partial charge in [0, 0.05) is 18.6 Å². The number of ether oxygens (including phenoxy) is 1. The number of hydrogen-bond donors (Lipinski definition) is 1. The van der Waals surface area contributed by atoms with Crippen LogP contribution in [0.15, 0.2) is 24.3 Å². The van der Waals surface area contributed by atoms with Crippen LogP contribution in [-0.4, -0.2) is 35.2 Å². The van der Waals surface area contributed by atoms with Crippen LogP contribution in [0.3, 0.4) is 0 Å². The van der Waals surface area contributed by atoms with Crippen LogP contribution in [0.2, 0.25) is 5.02 Å². The van der Waals surface area contributed by atoms with Crippen LogP contribution >= 0.6 is 11.6 Å². The first kappa shape index (κ1) is 17.9. The Morgan fingerprint density at radius 3 is 2.78 bits per heavy atom. The molecule has 0 aromatic heterocycles. The standard InChI is InChI=1S/C18H27ClN2O2/c1-13(20-16-10-6-5-9-15(16)19)12-14-8-7-11-21(14)17(22)23-18(2,3)4/h5-6,9-10,13-14,20H,7-8,11-12H2,1-4H3. The van der Waals surface area contributed by atoms with Crippen LogP contribution in [0, 0.1) is 0 Å². The summed E-state index contributed by atoms with van der Waals surface area (Å²) in [5.74, 6) is 0. The van der Waals surface area contributed by atoms with Crippen molar-refractivity contribution in [3.63, 3.8) is 0 Å². The van der Waals surface area contributed by atoms with E-state index in [2.05, 4.69) is 12.2 Å². The van der Waals surface area contributed by atoms with Gasteiger partial charge in [0.15, 0.2) is 0 Å². The summed E-state index contributed by atoms with van der Waals surface area (Å²) in [5.41, 5.74) is 0.481. The van der Waals surface area contributed by atoms with E-state index in [4.69, 9.17) is 16.3 Å². The third-order valence-corrected chi connectivity index (χ3v) is 4.24. The first-order chi connectivity index (χ1) is 10.8. The van der Waals surface area contributed by atoms with Crippen LogP contribution in [-0.2, 0) is 4.74 Å². The second kappa shape index (κ2) is 7.43. The molecule has 0 bridgehead atoms. The first-order valence-electron chi connectivity index (χ1n) is 8.27. The molecule has 1 aromatic rings. The lowest BCUT2D eigenvalue weighted by molar-refractivity contribution is 0.0218. The van der Waals surface area contributed by atoms with E-state index in [1.54, 1.807) is 0 Å². The average Bonchev–Trinajstić information content (AvgIpc) is 2.87. The second-order valence-corrected chi connectivity index (χ2v) is 7.64. The fourth-order valence-electron chi connectivity index (χ4n) is 2.95. The van der Waals surface area contributed by atoms with Gasteiger partial charge in [0.1, 0.15) is 5.60 Å². The minimum atomic E-state index is -0.453. The highest BCUT2D eigenvalue weighted by molar-refractivity contribution is 6.33. The Hall–Kier alpha value is -1.42. The number of nitrogens with one attached hydrogen (secondary N) is 1. The molecule has 128 valence electrons. The molecule has 1 saturated heterocycles. The smallest absolute Gasteiger partial charge is 0.410 e. The molecule has 1 fully saturated rings. The van der Waals surface area contributed by atoms with Crippen LogP contribution in [0.25, 0.3) is 0 Å². The summed E-state index contributed by atoms with van der Waals surface area (Å²) in [4.78, 5) is 14.2. The fourth-order valence-corrected chi connectivity index (χ4v) is 3.14. The lowest BCUT2D eigenvalue weighted by atomic mass is 10.1.